The van der Waals surface area contributed by atoms with E-state index in [0.717, 1.165) is 11.0 Å². The number of carbonyl (C=O) groups is 2. The summed E-state index contributed by atoms with van der Waals surface area (Å²) in [6.45, 7) is 3.83. The zero-order chi connectivity index (χ0) is 20.1. The summed E-state index contributed by atoms with van der Waals surface area (Å²) >= 11 is 0. The van der Waals surface area contributed by atoms with E-state index in [-0.39, 0.29) is 24.5 Å². The summed E-state index contributed by atoms with van der Waals surface area (Å²) in [7, 11) is 1.29. The molecule has 146 valence electrons. The predicted octanol–water partition coefficient (Wildman–Crippen LogP) is 3.24. The SMILES string of the molecule is COC(=O)COc1cccc(C(=O)N[C@H](c2nc3ccccc3[nH]2)C(C)C)c1. The minimum absolute atomic E-state index is 0.128. The number of fused-ring (bicyclic) bond motifs is 1. The minimum atomic E-state index is -0.486. The molecule has 0 bridgehead atoms. The highest BCUT2D eigenvalue weighted by Gasteiger charge is 2.22. The van der Waals surface area contributed by atoms with Crippen molar-refractivity contribution in [3.63, 3.8) is 0 Å². The van der Waals surface area contributed by atoms with Gasteiger partial charge in [-0.25, -0.2) is 9.78 Å². The molecule has 1 atom stereocenters. The van der Waals surface area contributed by atoms with Gasteiger partial charge in [0.1, 0.15) is 11.6 Å². The average Bonchev–Trinajstić information content (AvgIpc) is 3.13. The second-order valence-corrected chi connectivity index (χ2v) is 6.73. The molecule has 7 nitrogen and oxygen atoms in total. The van der Waals surface area contributed by atoms with Crippen LogP contribution < -0.4 is 10.1 Å². The van der Waals surface area contributed by atoms with Crippen molar-refractivity contribution in [2.24, 2.45) is 5.92 Å². The van der Waals surface area contributed by atoms with Crippen LogP contribution in [0, 0.1) is 5.92 Å². The molecule has 0 saturated heterocycles. The van der Waals surface area contributed by atoms with E-state index >= 15 is 0 Å². The summed E-state index contributed by atoms with van der Waals surface area (Å²) in [6.07, 6.45) is 0. The number of hydrogen-bond donors (Lipinski definition) is 2. The molecule has 0 aliphatic carbocycles. The Kier molecular flexibility index (Phi) is 5.93. The Morgan fingerprint density at radius 1 is 1.14 bits per heavy atom. The fourth-order valence-electron chi connectivity index (χ4n) is 2.82. The smallest absolute Gasteiger partial charge is 0.343 e. The summed E-state index contributed by atoms with van der Waals surface area (Å²) in [6, 6.07) is 14.1. The van der Waals surface area contributed by atoms with Gasteiger partial charge < -0.3 is 19.8 Å². The van der Waals surface area contributed by atoms with Crippen LogP contribution in [0.3, 0.4) is 0 Å². The first-order valence-corrected chi connectivity index (χ1v) is 9.03. The zero-order valence-corrected chi connectivity index (χ0v) is 16.1. The molecular formula is C21H23N3O4. The summed E-state index contributed by atoms with van der Waals surface area (Å²) in [5.41, 5.74) is 2.22. The molecule has 7 heteroatoms. The van der Waals surface area contributed by atoms with E-state index in [9.17, 15) is 9.59 Å². The first kappa shape index (κ1) is 19.4. The lowest BCUT2D eigenvalue weighted by molar-refractivity contribution is -0.142. The Bertz CT molecular complexity index is 947. The van der Waals surface area contributed by atoms with Crippen molar-refractivity contribution < 1.29 is 19.1 Å². The van der Waals surface area contributed by atoms with E-state index in [0.29, 0.717) is 17.1 Å². The van der Waals surface area contributed by atoms with Gasteiger partial charge in [0.25, 0.3) is 5.91 Å². The fraction of sp³-hybridized carbons (Fsp3) is 0.286. The Hall–Kier alpha value is -3.35. The zero-order valence-electron chi connectivity index (χ0n) is 16.1. The van der Waals surface area contributed by atoms with Gasteiger partial charge in [0.05, 0.1) is 24.2 Å². The Labute approximate surface area is 163 Å². The number of H-pyrrole nitrogens is 1. The highest BCUT2D eigenvalue weighted by molar-refractivity contribution is 5.94. The van der Waals surface area contributed by atoms with Gasteiger partial charge in [0, 0.05) is 5.56 Å². The van der Waals surface area contributed by atoms with Crippen molar-refractivity contribution >= 4 is 22.9 Å². The number of imidazole rings is 1. The molecule has 0 saturated carbocycles. The molecule has 3 aromatic rings. The number of ether oxygens (including phenoxy) is 2. The number of aromatic nitrogens is 2. The lowest BCUT2D eigenvalue weighted by Gasteiger charge is -2.20. The van der Waals surface area contributed by atoms with Gasteiger partial charge in [0.15, 0.2) is 6.61 Å². The molecule has 0 spiro atoms. The molecule has 28 heavy (non-hydrogen) atoms. The molecule has 2 aromatic carbocycles. The van der Waals surface area contributed by atoms with E-state index in [1.165, 1.54) is 7.11 Å². The third kappa shape index (κ3) is 4.49. The van der Waals surface area contributed by atoms with Crippen molar-refractivity contribution in [3.05, 3.63) is 59.9 Å². The highest BCUT2D eigenvalue weighted by Crippen LogP contribution is 2.23. The number of amides is 1. The number of aromatic amines is 1. The van der Waals surface area contributed by atoms with Gasteiger partial charge in [0.2, 0.25) is 0 Å². The standard InChI is InChI=1S/C21H23N3O4/c1-13(2)19(20-22-16-9-4-5-10-17(16)23-20)24-21(26)14-7-6-8-15(11-14)28-12-18(25)27-3/h4-11,13,19H,12H2,1-3H3,(H,22,23)(H,24,26)/t19-/m0/s1. The summed E-state index contributed by atoms with van der Waals surface area (Å²) < 4.78 is 9.90. The molecule has 1 amide bonds. The van der Waals surface area contributed by atoms with Gasteiger partial charge in [-0.3, -0.25) is 4.79 Å². The maximum atomic E-state index is 12.8. The highest BCUT2D eigenvalue weighted by atomic mass is 16.6. The van der Waals surface area contributed by atoms with Crippen LogP contribution >= 0.6 is 0 Å². The molecule has 0 aliphatic rings. The van der Waals surface area contributed by atoms with E-state index in [2.05, 4.69) is 20.0 Å². The molecule has 0 aliphatic heterocycles. The maximum absolute atomic E-state index is 12.8. The van der Waals surface area contributed by atoms with Gasteiger partial charge in [-0.1, -0.05) is 32.0 Å². The second-order valence-electron chi connectivity index (χ2n) is 6.73. The number of rotatable bonds is 7. The summed E-state index contributed by atoms with van der Waals surface area (Å²) in [4.78, 5) is 31.9. The molecule has 1 heterocycles. The van der Waals surface area contributed by atoms with Crippen LogP contribution in [-0.4, -0.2) is 35.6 Å². The Morgan fingerprint density at radius 2 is 1.93 bits per heavy atom. The molecule has 1 aromatic heterocycles. The van der Waals surface area contributed by atoms with E-state index in [1.807, 2.05) is 38.1 Å². The molecule has 0 fully saturated rings. The van der Waals surface area contributed by atoms with Gasteiger partial charge in [-0.15, -0.1) is 0 Å². The first-order chi connectivity index (χ1) is 13.5. The maximum Gasteiger partial charge on any atom is 0.343 e. The van der Waals surface area contributed by atoms with Crippen LogP contribution in [0.4, 0.5) is 0 Å². The third-order valence-corrected chi connectivity index (χ3v) is 4.34. The van der Waals surface area contributed by atoms with Crippen LogP contribution in [0.1, 0.15) is 36.1 Å². The van der Waals surface area contributed by atoms with E-state index < -0.39 is 5.97 Å². The molecular weight excluding hydrogens is 358 g/mol. The van der Waals surface area contributed by atoms with Crippen molar-refractivity contribution in [1.82, 2.24) is 15.3 Å². The number of nitrogens with zero attached hydrogens (tertiary/aromatic N) is 1. The van der Waals surface area contributed by atoms with Crippen molar-refractivity contribution in [1.29, 1.82) is 0 Å². The summed E-state index contributed by atoms with van der Waals surface area (Å²) in [5, 5.41) is 3.03. The normalized spacial score (nSPS) is 12.0. The van der Waals surface area contributed by atoms with Crippen LogP contribution in [0.25, 0.3) is 11.0 Å². The van der Waals surface area contributed by atoms with Gasteiger partial charge in [-0.05, 0) is 36.2 Å². The van der Waals surface area contributed by atoms with Gasteiger partial charge in [-0.2, -0.15) is 0 Å². The fourth-order valence-corrected chi connectivity index (χ4v) is 2.82. The number of methoxy groups -OCH3 is 1. The second kappa shape index (κ2) is 8.56. The predicted molar refractivity (Wildman–Crippen MR) is 105 cm³/mol. The largest absolute Gasteiger partial charge is 0.482 e. The lowest BCUT2D eigenvalue weighted by atomic mass is 10.0. The van der Waals surface area contributed by atoms with Crippen LogP contribution in [-0.2, 0) is 9.53 Å². The Morgan fingerprint density at radius 3 is 2.64 bits per heavy atom. The average molecular weight is 381 g/mol. The number of benzene rings is 2. The molecule has 2 N–H and O–H groups in total. The topological polar surface area (TPSA) is 93.3 Å². The number of hydrogen-bond acceptors (Lipinski definition) is 5. The molecule has 0 radical (unpaired) electrons. The minimum Gasteiger partial charge on any atom is -0.482 e. The Balaban J connectivity index is 1.76. The van der Waals surface area contributed by atoms with Crippen LogP contribution in [0.5, 0.6) is 5.75 Å². The van der Waals surface area contributed by atoms with Crippen molar-refractivity contribution in [2.75, 3.05) is 13.7 Å². The van der Waals surface area contributed by atoms with Gasteiger partial charge >= 0.3 is 5.97 Å². The number of para-hydroxylation sites is 2. The monoisotopic (exact) mass is 381 g/mol. The lowest BCUT2D eigenvalue weighted by Crippen LogP contribution is -2.32. The number of carbonyl (C=O) groups excluding carboxylic acids is 2. The molecule has 3 rings (SSSR count). The number of nitrogens with one attached hydrogen (secondary N) is 2. The van der Waals surface area contributed by atoms with Crippen molar-refractivity contribution in [2.45, 2.75) is 19.9 Å². The first-order valence-electron chi connectivity index (χ1n) is 9.03. The number of esters is 1. The quantitative estimate of drug-likeness (QED) is 0.613. The van der Waals surface area contributed by atoms with Crippen molar-refractivity contribution in [3.8, 4) is 5.75 Å². The summed E-state index contributed by atoms with van der Waals surface area (Å²) in [5.74, 6) is 0.524. The molecule has 0 unspecified atom stereocenters. The van der Waals surface area contributed by atoms with Crippen LogP contribution in [0.15, 0.2) is 48.5 Å². The van der Waals surface area contributed by atoms with E-state index in [4.69, 9.17) is 4.74 Å². The van der Waals surface area contributed by atoms with E-state index in [1.54, 1.807) is 24.3 Å². The van der Waals surface area contributed by atoms with Crippen LogP contribution in [0.2, 0.25) is 0 Å². The third-order valence-electron chi connectivity index (χ3n) is 4.34.